The summed E-state index contributed by atoms with van der Waals surface area (Å²) in [6.07, 6.45) is 0.967. The van der Waals surface area contributed by atoms with Gasteiger partial charge >= 0.3 is 5.97 Å². The number of nitrogens with one attached hydrogen (secondary N) is 1. The van der Waals surface area contributed by atoms with Gasteiger partial charge in [-0.3, -0.25) is 14.9 Å². The van der Waals surface area contributed by atoms with Crippen LogP contribution in [0.15, 0.2) is 12.3 Å². The first-order chi connectivity index (χ1) is 9.40. The Morgan fingerprint density at radius 2 is 2.20 bits per heavy atom. The molecule has 0 aliphatic heterocycles. The van der Waals surface area contributed by atoms with Gasteiger partial charge in [0.15, 0.2) is 0 Å². The van der Waals surface area contributed by atoms with Gasteiger partial charge in [0.2, 0.25) is 5.91 Å². The Bertz CT molecular complexity index is 546. The minimum atomic E-state index is -1.34. The lowest BCUT2D eigenvalue weighted by Gasteiger charge is -2.22. The molecule has 0 atom stereocenters. The highest BCUT2D eigenvalue weighted by Crippen LogP contribution is 2.22. The molecule has 20 heavy (non-hydrogen) atoms. The van der Waals surface area contributed by atoms with Crippen LogP contribution in [-0.2, 0) is 4.79 Å². The zero-order valence-electron chi connectivity index (χ0n) is 11.0. The van der Waals surface area contributed by atoms with E-state index in [4.69, 9.17) is 5.11 Å². The maximum absolute atomic E-state index is 11.4. The summed E-state index contributed by atoms with van der Waals surface area (Å²) in [4.78, 5) is 37.7. The van der Waals surface area contributed by atoms with Crippen molar-refractivity contribution in [2.24, 2.45) is 0 Å². The van der Waals surface area contributed by atoms with Gasteiger partial charge < -0.3 is 15.3 Å². The summed E-state index contributed by atoms with van der Waals surface area (Å²) in [5.74, 6) is -1.64. The zero-order chi connectivity index (χ0) is 15.3. The Morgan fingerprint density at radius 1 is 1.55 bits per heavy atom. The van der Waals surface area contributed by atoms with Gasteiger partial charge in [-0.1, -0.05) is 0 Å². The van der Waals surface area contributed by atoms with E-state index in [2.05, 4.69) is 10.3 Å². The van der Waals surface area contributed by atoms with Crippen LogP contribution in [0.4, 0.5) is 11.5 Å². The number of carboxylic acid groups (broad SMARTS) is 1. The topological polar surface area (TPSA) is 126 Å². The van der Waals surface area contributed by atoms with Gasteiger partial charge in [0, 0.05) is 19.7 Å². The standard InChI is InChI=1S/C11H14N4O5/c1-3-14(6-9(16)12-2)10-8(11(17)18)4-7(5-13-10)15(19)20/h4-5H,3,6H2,1-2H3,(H,12,16)(H,17,18). The van der Waals surface area contributed by atoms with Gasteiger partial charge in [-0.25, -0.2) is 9.78 Å². The third-order valence-corrected chi connectivity index (χ3v) is 2.59. The number of amides is 1. The van der Waals surface area contributed by atoms with Gasteiger partial charge in [0.05, 0.1) is 11.5 Å². The number of likely N-dealkylation sites (N-methyl/N-ethyl adjacent to an activating group) is 2. The molecule has 2 N–H and O–H groups in total. The lowest BCUT2D eigenvalue weighted by Crippen LogP contribution is -2.36. The van der Waals surface area contributed by atoms with Crippen molar-refractivity contribution in [3.05, 3.63) is 27.9 Å². The van der Waals surface area contributed by atoms with Gasteiger partial charge in [0.25, 0.3) is 5.69 Å². The van der Waals surface area contributed by atoms with Crippen LogP contribution < -0.4 is 10.2 Å². The Morgan fingerprint density at radius 3 is 2.65 bits per heavy atom. The van der Waals surface area contributed by atoms with Crippen molar-refractivity contribution in [2.45, 2.75) is 6.92 Å². The van der Waals surface area contributed by atoms with Crippen LogP contribution >= 0.6 is 0 Å². The van der Waals surface area contributed by atoms with Crippen molar-refractivity contribution in [1.82, 2.24) is 10.3 Å². The molecular weight excluding hydrogens is 268 g/mol. The normalized spacial score (nSPS) is 9.90. The van der Waals surface area contributed by atoms with E-state index in [9.17, 15) is 19.7 Å². The molecule has 0 radical (unpaired) electrons. The summed E-state index contributed by atoms with van der Waals surface area (Å²) < 4.78 is 0. The number of nitrogens with zero attached hydrogens (tertiary/aromatic N) is 3. The van der Waals surface area contributed by atoms with E-state index >= 15 is 0 Å². The van der Waals surface area contributed by atoms with Crippen LogP contribution in [0, 0.1) is 10.1 Å². The van der Waals surface area contributed by atoms with E-state index < -0.39 is 16.6 Å². The molecule has 0 saturated carbocycles. The van der Waals surface area contributed by atoms with Crippen LogP contribution in [0.25, 0.3) is 0 Å². The number of hydrogen-bond donors (Lipinski definition) is 2. The number of rotatable bonds is 6. The van der Waals surface area contributed by atoms with Crippen LogP contribution in [0.5, 0.6) is 0 Å². The van der Waals surface area contributed by atoms with Crippen molar-refractivity contribution in [3.63, 3.8) is 0 Å². The van der Waals surface area contributed by atoms with Crippen molar-refractivity contribution >= 4 is 23.4 Å². The number of nitro groups is 1. The Balaban J connectivity index is 3.24. The predicted molar refractivity (Wildman–Crippen MR) is 69.8 cm³/mol. The highest BCUT2D eigenvalue weighted by atomic mass is 16.6. The predicted octanol–water partition coefficient (Wildman–Crippen LogP) is 0.260. The number of anilines is 1. The number of carbonyl (C=O) groups is 2. The first kappa shape index (κ1) is 15.3. The quantitative estimate of drug-likeness (QED) is 0.566. The van der Waals surface area contributed by atoms with E-state index in [0.717, 1.165) is 12.3 Å². The Kier molecular flexibility index (Phi) is 4.95. The Labute approximate surface area is 114 Å². The third-order valence-electron chi connectivity index (χ3n) is 2.59. The number of aromatic nitrogens is 1. The highest BCUT2D eigenvalue weighted by molar-refractivity contribution is 5.95. The average Bonchev–Trinajstić information content (AvgIpc) is 2.43. The van der Waals surface area contributed by atoms with Crippen LogP contribution in [0.3, 0.4) is 0 Å². The second-order valence-corrected chi connectivity index (χ2v) is 3.81. The fourth-order valence-electron chi connectivity index (χ4n) is 1.54. The molecule has 0 fully saturated rings. The first-order valence-corrected chi connectivity index (χ1v) is 5.74. The number of pyridine rings is 1. The van der Waals surface area contributed by atoms with Crippen molar-refractivity contribution in [3.8, 4) is 0 Å². The van der Waals surface area contributed by atoms with E-state index in [1.54, 1.807) is 6.92 Å². The molecule has 9 heteroatoms. The van der Waals surface area contributed by atoms with Crippen LogP contribution in [-0.4, -0.2) is 47.0 Å². The highest BCUT2D eigenvalue weighted by Gasteiger charge is 2.22. The fourth-order valence-corrected chi connectivity index (χ4v) is 1.54. The molecule has 0 aliphatic rings. The molecule has 0 spiro atoms. The summed E-state index contributed by atoms with van der Waals surface area (Å²) in [5.41, 5.74) is -0.730. The third kappa shape index (κ3) is 3.40. The SMILES string of the molecule is CCN(CC(=O)NC)c1ncc([N+](=O)[O-])cc1C(=O)O. The molecule has 1 aromatic heterocycles. The maximum atomic E-state index is 11.4. The molecule has 0 saturated heterocycles. The molecule has 1 rings (SSSR count). The number of carboxylic acids is 1. The lowest BCUT2D eigenvalue weighted by atomic mass is 10.2. The lowest BCUT2D eigenvalue weighted by molar-refractivity contribution is -0.385. The fraction of sp³-hybridized carbons (Fsp3) is 0.364. The Hall–Kier alpha value is -2.71. The van der Waals surface area contributed by atoms with Gasteiger partial charge in [0.1, 0.15) is 17.6 Å². The second-order valence-electron chi connectivity index (χ2n) is 3.81. The molecule has 1 amide bonds. The summed E-state index contributed by atoms with van der Waals surface area (Å²) in [5, 5.41) is 22.2. The molecule has 0 bridgehead atoms. The molecule has 108 valence electrons. The van der Waals surface area contributed by atoms with E-state index in [1.807, 2.05) is 0 Å². The zero-order valence-corrected chi connectivity index (χ0v) is 11.0. The minimum absolute atomic E-state index is 0.0224. The van der Waals surface area contributed by atoms with E-state index in [1.165, 1.54) is 11.9 Å². The van der Waals surface area contributed by atoms with E-state index in [0.29, 0.717) is 6.54 Å². The molecular formula is C11H14N4O5. The maximum Gasteiger partial charge on any atom is 0.339 e. The van der Waals surface area contributed by atoms with Crippen LogP contribution in [0.1, 0.15) is 17.3 Å². The largest absolute Gasteiger partial charge is 0.478 e. The van der Waals surface area contributed by atoms with Crippen molar-refractivity contribution in [2.75, 3.05) is 25.0 Å². The van der Waals surface area contributed by atoms with Crippen molar-refractivity contribution in [1.29, 1.82) is 0 Å². The van der Waals surface area contributed by atoms with Gasteiger partial charge in [-0.05, 0) is 6.92 Å². The number of carbonyl (C=O) groups excluding carboxylic acids is 1. The average molecular weight is 282 g/mol. The smallest absolute Gasteiger partial charge is 0.339 e. The van der Waals surface area contributed by atoms with E-state index in [-0.39, 0.29) is 23.8 Å². The molecule has 0 aliphatic carbocycles. The van der Waals surface area contributed by atoms with Crippen LogP contribution in [0.2, 0.25) is 0 Å². The molecule has 9 nitrogen and oxygen atoms in total. The van der Waals surface area contributed by atoms with Crippen molar-refractivity contribution < 1.29 is 19.6 Å². The summed E-state index contributed by atoms with van der Waals surface area (Å²) >= 11 is 0. The summed E-state index contributed by atoms with van der Waals surface area (Å²) in [6, 6.07) is 0.928. The molecule has 1 heterocycles. The second kappa shape index (κ2) is 6.45. The van der Waals surface area contributed by atoms with Gasteiger partial charge in [-0.2, -0.15) is 0 Å². The monoisotopic (exact) mass is 282 g/mol. The number of hydrogen-bond acceptors (Lipinski definition) is 6. The summed E-state index contributed by atoms with van der Waals surface area (Å²) in [6.45, 7) is 1.97. The minimum Gasteiger partial charge on any atom is -0.478 e. The molecule has 0 aromatic carbocycles. The molecule has 1 aromatic rings. The van der Waals surface area contributed by atoms with Gasteiger partial charge in [-0.15, -0.1) is 0 Å². The number of aromatic carboxylic acids is 1. The summed E-state index contributed by atoms with van der Waals surface area (Å²) in [7, 11) is 1.46. The molecule has 0 unspecified atom stereocenters. The first-order valence-electron chi connectivity index (χ1n) is 5.74.